The van der Waals surface area contributed by atoms with Gasteiger partial charge in [0.2, 0.25) is 0 Å². The van der Waals surface area contributed by atoms with Crippen LogP contribution in [0.1, 0.15) is 227 Å². The van der Waals surface area contributed by atoms with Crippen LogP contribution in [0.3, 0.4) is 0 Å². The molecule has 15 N–H and O–H groups in total. The maximum Gasteiger partial charge on any atom is 0.317 e. The van der Waals surface area contributed by atoms with Crippen LogP contribution >= 0.6 is 0 Å². The number of piperidine rings is 3. The third kappa shape index (κ3) is 31.3. The molecule has 0 aromatic rings. The molecule has 5 fully saturated rings. The van der Waals surface area contributed by atoms with Crippen LogP contribution in [0.4, 0.5) is 47.9 Å². The van der Waals surface area contributed by atoms with E-state index in [1.165, 1.54) is 0 Å². The highest BCUT2D eigenvalue weighted by Crippen LogP contribution is 2.42. The Morgan fingerprint density at radius 1 is 0.402 bits per heavy atom. The number of rotatable bonds is 16. The highest BCUT2D eigenvalue weighted by atomic mass is 16.2. The van der Waals surface area contributed by atoms with Crippen LogP contribution in [-0.4, -0.2) is 245 Å². The summed E-state index contributed by atoms with van der Waals surface area (Å²) in [6.07, 6.45) is 17.1. The molecular formula is C72H146N20O10. The van der Waals surface area contributed by atoms with Gasteiger partial charge in [-0.15, -0.1) is 0 Å². The summed E-state index contributed by atoms with van der Waals surface area (Å²) in [5.74, 6) is 1.68. The second-order valence-electron chi connectivity index (χ2n) is 30.7. The lowest BCUT2D eigenvalue weighted by Gasteiger charge is -2.49. The molecule has 0 aromatic carbocycles. The van der Waals surface area contributed by atoms with Gasteiger partial charge in [0.05, 0.1) is 0 Å². The van der Waals surface area contributed by atoms with E-state index in [4.69, 9.17) is 0 Å². The molecule has 3 heterocycles. The van der Waals surface area contributed by atoms with E-state index >= 15 is 0 Å². The van der Waals surface area contributed by atoms with Crippen LogP contribution in [0.25, 0.3) is 0 Å². The average molecular weight is 1450 g/mol. The van der Waals surface area contributed by atoms with Crippen LogP contribution in [0, 0.1) is 17.8 Å². The predicted octanol–water partition coefficient (Wildman–Crippen LogP) is 8.93. The first kappa shape index (κ1) is 94.7. The molecule has 5 aliphatic rings. The molecule has 3 aliphatic heterocycles. The number of amides is 20. The first-order valence-corrected chi connectivity index (χ1v) is 37.1. The number of nitrogens with zero attached hydrogens (tertiary/aromatic N) is 5. The lowest BCUT2D eigenvalue weighted by molar-refractivity contribution is 0.0287. The van der Waals surface area contributed by atoms with E-state index in [0.29, 0.717) is 24.3 Å². The largest absolute Gasteiger partial charge is 0.341 e. The fourth-order valence-corrected chi connectivity index (χ4v) is 15.0. The minimum absolute atomic E-state index is 0. The Hall–Kier alpha value is -7.30. The Bertz CT molecular complexity index is 2450. The summed E-state index contributed by atoms with van der Waals surface area (Å²) in [4.78, 5) is 126. The van der Waals surface area contributed by atoms with Crippen molar-refractivity contribution in [3.8, 4) is 0 Å². The van der Waals surface area contributed by atoms with Crippen molar-refractivity contribution >= 4 is 60.3 Å². The molecule has 2 aliphatic carbocycles. The van der Waals surface area contributed by atoms with Gasteiger partial charge in [0.15, 0.2) is 0 Å². The number of unbranched alkanes of at least 4 members (excludes halogenated alkanes) is 3. The van der Waals surface area contributed by atoms with Crippen molar-refractivity contribution in [1.82, 2.24) is 104 Å². The molecule has 0 aromatic heterocycles. The Kier molecular flexibility index (Phi) is 41.8. The van der Waals surface area contributed by atoms with Crippen LogP contribution in [0.2, 0.25) is 0 Å². The topological polar surface area (TPSA) is 367 Å². The van der Waals surface area contributed by atoms with Crippen molar-refractivity contribution in [2.75, 3.05) is 90.1 Å². The van der Waals surface area contributed by atoms with Crippen LogP contribution in [-0.2, 0) is 0 Å². The van der Waals surface area contributed by atoms with Crippen molar-refractivity contribution in [1.29, 1.82) is 0 Å². The van der Waals surface area contributed by atoms with Gasteiger partial charge in [0.25, 0.3) is 0 Å². The zero-order chi connectivity index (χ0) is 77.4. The fraction of sp³-hybridized carbons (Fsp3) is 0.861. The van der Waals surface area contributed by atoms with Crippen molar-refractivity contribution in [2.24, 2.45) is 17.8 Å². The molecule has 0 radical (unpaired) electrons. The summed E-state index contributed by atoms with van der Waals surface area (Å²) in [6.45, 7) is 33.2. The molecule has 30 heteroatoms. The van der Waals surface area contributed by atoms with E-state index in [2.05, 4.69) is 128 Å². The highest BCUT2D eigenvalue weighted by molar-refractivity contribution is 5.78. The normalized spacial score (nSPS) is 26.5. The van der Waals surface area contributed by atoms with E-state index in [1.54, 1.807) is 75.4 Å². The molecule has 30 nitrogen and oxygen atoms in total. The average Bonchev–Trinajstić information content (AvgIpc) is 0.809. The molecule has 0 spiro atoms. The summed E-state index contributed by atoms with van der Waals surface area (Å²) in [5, 5.41) is 41.3. The summed E-state index contributed by atoms with van der Waals surface area (Å²) in [6, 6.07) is 0.828. The van der Waals surface area contributed by atoms with Gasteiger partial charge in [0.1, 0.15) is 0 Å². The fourth-order valence-electron chi connectivity index (χ4n) is 15.0. The van der Waals surface area contributed by atoms with Gasteiger partial charge in [-0.3, -0.25) is 0 Å². The lowest BCUT2D eigenvalue weighted by Crippen LogP contribution is -2.59. The van der Waals surface area contributed by atoms with Gasteiger partial charge in [-0.1, -0.05) is 20.3 Å². The number of nitrogens with one attached hydrogen (secondary N) is 15. The van der Waals surface area contributed by atoms with Gasteiger partial charge in [0, 0.05) is 160 Å². The van der Waals surface area contributed by atoms with Gasteiger partial charge in [-0.25, -0.2) is 47.9 Å². The molecule has 2 saturated carbocycles. The van der Waals surface area contributed by atoms with Gasteiger partial charge in [-0.2, -0.15) is 0 Å². The first-order valence-electron chi connectivity index (χ1n) is 37.1. The van der Waals surface area contributed by atoms with Crippen LogP contribution < -0.4 is 79.8 Å². The standard InChI is InChI=1S/C18H34N4O2.C16H34N4O2.C14H28N4O2.C12H24N4O2.C11H22N4O2.CH4/c1-11-7-15(8-12(2)21(11)17(23)19-5)16-9-13(3)22(14(4)10-16)18(24)20-6;1-13(2)19(15(21)17-5)11-9-7-8-10-12-20(14(3)4)16(22)18-6;1-13(2,17-11(19)15-4)10-6-8-14(3,9-7-10)18-12(20)16-5;1-11(15-9(17)13-3)5-7-12(2,8-6-11)16-10(18)14-4;1-8-7-11(2,14-9(16)12-3)5-6-15(8)10(17)13-4;/h11-16H,7-10H2,1-6H3,(H,19,23)(H,20,24);13-14H,7-12H2,1-6H3,(H,17,21)(H,18,22);10H,6-9H2,1-5H3,(H2,15,17,19)(H2,16,18,20);5-8H2,1-4H3,(H2,13,15,17)(H2,14,16,18);8H,5-7H2,1-4H3,(H,13,17)(H2,12,14,16);1H4. The zero-order valence-electron chi connectivity index (χ0n) is 66.9. The molecule has 6 unspecified atom stereocenters. The highest BCUT2D eigenvalue weighted by Gasteiger charge is 2.44. The van der Waals surface area contributed by atoms with Crippen LogP contribution in [0.15, 0.2) is 0 Å². The molecule has 3 saturated heterocycles. The minimum atomic E-state index is -0.246. The van der Waals surface area contributed by atoms with Crippen molar-refractivity contribution in [3.63, 3.8) is 0 Å². The van der Waals surface area contributed by atoms with E-state index in [1.807, 2.05) is 75.0 Å². The molecule has 5 rings (SSSR count). The van der Waals surface area contributed by atoms with Gasteiger partial charge >= 0.3 is 60.3 Å². The maximum absolute atomic E-state index is 12.1. The Morgan fingerprint density at radius 2 is 0.706 bits per heavy atom. The molecule has 20 amide bonds. The number of urea groups is 10. The number of hydrogen-bond acceptors (Lipinski definition) is 10. The summed E-state index contributed by atoms with van der Waals surface area (Å²) in [7, 11) is 16.4. The zero-order valence-corrected chi connectivity index (χ0v) is 66.9. The molecule has 102 heavy (non-hydrogen) atoms. The maximum atomic E-state index is 12.1. The lowest BCUT2D eigenvalue weighted by atomic mass is 9.70. The van der Waals surface area contributed by atoms with Crippen molar-refractivity contribution in [2.45, 2.75) is 297 Å². The van der Waals surface area contributed by atoms with E-state index in [9.17, 15) is 47.9 Å². The minimum Gasteiger partial charge on any atom is -0.341 e. The summed E-state index contributed by atoms with van der Waals surface area (Å²) >= 11 is 0. The van der Waals surface area contributed by atoms with E-state index in [-0.39, 0.29) is 138 Å². The monoisotopic (exact) mass is 1450 g/mol. The SMILES string of the molecule is C.CNC(=O)N(CCCCCCN(C(=O)NC)C(C)C)C(C)C.CNC(=O)N1C(C)CC(C2CC(C)N(C(=O)NC)C(C)C2)CC1C.CNC(=O)NC1(C)CCC(C(C)(C)NC(=O)NC)CC1.CNC(=O)NC1(C)CCC(C)(NC(=O)NC)CC1.CNC(=O)NC1(C)CCN(C(=O)NC)C(C)C1. The molecule has 0 bridgehead atoms. The third-order valence-electron chi connectivity index (χ3n) is 21.2. The first-order chi connectivity index (χ1) is 47.1. The second kappa shape index (κ2) is 45.0. The summed E-state index contributed by atoms with van der Waals surface area (Å²) < 4.78 is 0. The smallest absolute Gasteiger partial charge is 0.317 e. The molecular weight excluding hydrogens is 1300 g/mol. The van der Waals surface area contributed by atoms with Gasteiger partial charge in [-0.05, 0) is 224 Å². The third-order valence-corrected chi connectivity index (χ3v) is 21.2. The number of carbonyl (C=O) groups is 10. The number of likely N-dealkylation sites (tertiary alicyclic amines) is 3. The van der Waals surface area contributed by atoms with Crippen LogP contribution in [0.5, 0.6) is 0 Å². The van der Waals surface area contributed by atoms with E-state index in [0.717, 1.165) is 129 Å². The Balaban J connectivity index is 0.00000125. The Labute approximate surface area is 614 Å². The van der Waals surface area contributed by atoms with Crippen molar-refractivity contribution in [3.05, 3.63) is 0 Å². The quantitative estimate of drug-likeness (QED) is 0.0650. The number of carbonyl (C=O) groups excluding carboxylic acids is 10. The Morgan fingerprint density at radius 3 is 0.980 bits per heavy atom. The molecule has 594 valence electrons. The predicted molar refractivity (Wildman–Crippen MR) is 410 cm³/mol. The van der Waals surface area contributed by atoms with E-state index < -0.39 is 0 Å². The van der Waals surface area contributed by atoms with Gasteiger partial charge < -0.3 is 104 Å². The molecule has 6 atom stereocenters. The number of hydrogen-bond donors (Lipinski definition) is 15. The van der Waals surface area contributed by atoms with Crippen molar-refractivity contribution < 1.29 is 47.9 Å². The second-order valence-corrected chi connectivity index (χ2v) is 30.7. The summed E-state index contributed by atoms with van der Waals surface area (Å²) in [5.41, 5.74) is -1.02.